The second-order valence-electron chi connectivity index (χ2n) is 4.53. The molecule has 2 N–H and O–H groups in total. The molecule has 0 aromatic heterocycles. The van der Waals surface area contributed by atoms with Gasteiger partial charge in [0, 0.05) is 17.6 Å². The molecule has 0 aliphatic carbocycles. The van der Waals surface area contributed by atoms with Crippen LogP contribution < -0.4 is 5.73 Å². The standard InChI is InChI=1S/C12H15BrN2O3S/c13-10-5-1-2-6-11(10)19(17,18)15-7-3-4-9(8-15)12(14)16/h1-2,5-6,9H,3-4,7-8H2,(H2,14,16)/t9-/m0/s1. The van der Waals surface area contributed by atoms with Crippen LogP contribution >= 0.6 is 15.9 Å². The highest BCUT2D eigenvalue weighted by Gasteiger charge is 2.33. The maximum Gasteiger partial charge on any atom is 0.244 e. The molecule has 1 atom stereocenters. The molecule has 1 fully saturated rings. The van der Waals surface area contributed by atoms with Crippen LogP contribution in [0.15, 0.2) is 33.6 Å². The summed E-state index contributed by atoms with van der Waals surface area (Å²) in [6, 6.07) is 6.66. The molecule has 1 aromatic carbocycles. The number of primary amides is 1. The van der Waals surface area contributed by atoms with Gasteiger partial charge < -0.3 is 5.73 Å². The molecule has 1 amide bonds. The summed E-state index contributed by atoms with van der Waals surface area (Å²) in [7, 11) is -3.58. The zero-order chi connectivity index (χ0) is 14.0. The SMILES string of the molecule is NC(=O)[C@H]1CCCN(S(=O)(=O)c2ccccc2Br)C1. The fourth-order valence-electron chi connectivity index (χ4n) is 2.19. The molecule has 104 valence electrons. The van der Waals surface area contributed by atoms with E-state index in [-0.39, 0.29) is 11.4 Å². The van der Waals surface area contributed by atoms with Gasteiger partial charge in [0.2, 0.25) is 15.9 Å². The average molecular weight is 347 g/mol. The van der Waals surface area contributed by atoms with Crippen molar-refractivity contribution in [2.24, 2.45) is 11.7 Å². The summed E-state index contributed by atoms with van der Waals surface area (Å²) in [5, 5.41) is 0. The van der Waals surface area contributed by atoms with Gasteiger partial charge in [0.1, 0.15) is 0 Å². The molecule has 19 heavy (non-hydrogen) atoms. The Morgan fingerprint density at radius 2 is 2.05 bits per heavy atom. The second kappa shape index (κ2) is 5.60. The molecule has 1 saturated heterocycles. The summed E-state index contributed by atoms with van der Waals surface area (Å²) in [6.45, 7) is 0.590. The number of carbonyl (C=O) groups is 1. The second-order valence-corrected chi connectivity index (χ2v) is 7.30. The van der Waals surface area contributed by atoms with Crippen molar-refractivity contribution in [1.29, 1.82) is 0 Å². The molecular weight excluding hydrogens is 332 g/mol. The zero-order valence-corrected chi connectivity index (χ0v) is 12.7. The highest BCUT2D eigenvalue weighted by molar-refractivity contribution is 9.10. The summed E-state index contributed by atoms with van der Waals surface area (Å²) in [5.74, 6) is -0.835. The lowest BCUT2D eigenvalue weighted by molar-refractivity contribution is -0.122. The maximum atomic E-state index is 12.5. The lowest BCUT2D eigenvalue weighted by atomic mass is 9.99. The number of benzene rings is 1. The van der Waals surface area contributed by atoms with Crippen molar-refractivity contribution in [1.82, 2.24) is 4.31 Å². The number of hydrogen-bond acceptors (Lipinski definition) is 3. The Kier molecular flexibility index (Phi) is 4.27. The normalized spacial score (nSPS) is 21.2. The molecule has 1 aromatic rings. The Hall–Kier alpha value is -0.920. The summed E-state index contributed by atoms with van der Waals surface area (Å²) < 4.78 is 26.9. The molecule has 7 heteroatoms. The number of hydrogen-bond donors (Lipinski definition) is 1. The summed E-state index contributed by atoms with van der Waals surface area (Å²) in [6.07, 6.45) is 1.30. The molecule has 0 spiro atoms. The minimum Gasteiger partial charge on any atom is -0.369 e. The van der Waals surface area contributed by atoms with Gasteiger partial charge in [-0.05, 0) is 40.9 Å². The first kappa shape index (κ1) is 14.5. The number of nitrogens with two attached hydrogens (primary N) is 1. The highest BCUT2D eigenvalue weighted by Crippen LogP contribution is 2.28. The van der Waals surface area contributed by atoms with Crippen molar-refractivity contribution in [2.75, 3.05) is 13.1 Å². The van der Waals surface area contributed by atoms with Gasteiger partial charge in [0.15, 0.2) is 0 Å². The third kappa shape index (κ3) is 2.98. The van der Waals surface area contributed by atoms with Gasteiger partial charge in [-0.25, -0.2) is 8.42 Å². The predicted molar refractivity (Wildman–Crippen MR) is 74.8 cm³/mol. The van der Waals surface area contributed by atoms with Gasteiger partial charge in [-0.15, -0.1) is 0 Å². The van der Waals surface area contributed by atoms with E-state index in [1.54, 1.807) is 24.3 Å². The van der Waals surface area contributed by atoms with Gasteiger partial charge in [0.25, 0.3) is 0 Å². The fourth-order valence-corrected chi connectivity index (χ4v) is 4.67. The van der Waals surface area contributed by atoms with Crippen molar-refractivity contribution in [2.45, 2.75) is 17.7 Å². The van der Waals surface area contributed by atoms with Crippen molar-refractivity contribution >= 4 is 31.9 Å². The lowest BCUT2D eigenvalue weighted by Crippen LogP contribution is -2.44. The average Bonchev–Trinajstić information content (AvgIpc) is 2.39. The van der Waals surface area contributed by atoms with Crippen LogP contribution in [0.25, 0.3) is 0 Å². The first-order valence-electron chi connectivity index (χ1n) is 5.97. The lowest BCUT2D eigenvalue weighted by Gasteiger charge is -2.30. The Morgan fingerprint density at radius 3 is 2.68 bits per heavy atom. The number of amides is 1. The number of carbonyl (C=O) groups excluding carboxylic acids is 1. The fraction of sp³-hybridized carbons (Fsp3) is 0.417. The monoisotopic (exact) mass is 346 g/mol. The Balaban J connectivity index is 2.30. The summed E-state index contributed by atoms with van der Waals surface area (Å²) in [5.41, 5.74) is 5.27. The minimum atomic E-state index is -3.58. The van der Waals surface area contributed by atoms with Crippen molar-refractivity contribution in [3.8, 4) is 0 Å². The van der Waals surface area contributed by atoms with E-state index in [1.807, 2.05) is 0 Å². The van der Waals surface area contributed by atoms with Gasteiger partial charge >= 0.3 is 0 Å². The van der Waals surface area contributed by atoms with Crippen LogP contribution in [0.4, 0.5) is 0 Å². The van der Waals surface area contributed by atoms with E-state index < -0.39 is 21.8 Å². The third-order valence-electron chi connectivity index (χ3n) is 3.24. The first-order valence-corrected chi connectivity index (χ1v) is 8.20. The number of halogens is 1. The largest absolute Gasteiger partial charge is 0.369 e. The van der Waals surface area contributed by atoms with Crippen molar-refractivity contribution in [3.05, 3.63) is 28.7 Å². The van der Waals surface area contributed by atoms with E-state index in [1.165, 1.54) is 4.31 Å². The predicted octanol–water partition coefficient (Wildman–Crippen LogP) is 1.34. The number of nitrogens with zero attached hydrogens (tertiary/aromatic N) is 1. The molecule has 0 saturated carbocycles. The van der Waals surface area contributed by atoms with Gasteiger partial charge in [-0.1, -0.05) is 12.1 Å². The minimum absolute atomic E-state index is 0.166. The number of rotatable bonds is 3. The van der Waals surface area contributed by atoms with E-state index >= 15 is 0 Å². The Bertz CT molecular complexity index is 588. The highest BCUT2D eigenvalue weighted by atomic mass is 79.9. The zero-order valence-electron chi connectivity index (χ0n) is 10.3. The number of piperidine rings is 1. The molecule has 0 unspecified atom stereocenters. The quantitative estimate of drug-likeness (QED) is 0.896. The molecule has 2 rings (SSSR count). The van der Waals surface area contributed by atoms with Crippen LogP contribution in [0.5, 0.6) is 0 Å². The third-order valence-corrected chi connectivity index (χ3v) is 6.12. The summed E-state index contributed by atoms with van der Waals surface area (Å²) >= 11 is 3.25. The van der Waals surface area contributed by atoms with Crippen LogP contribution in [-0.2, 0) is 14.8 Å². The maximum absolute atomic E-state index is 12.5. The van der Waals surface area contributed by atoms with E-state index in [0.29, 0.717) is 23.9 Å². The van der Waals surface area contributed by atoms with Crippen LogP contribution in [-0.4, -0.2) is 31.7 Å². The molecule has 1 aliphatic heterocycles. The molecule has 1 heterocycles. The van der Waals surface area contributed by atoms with Gasteiger partial charge in [-0.2, -0.15) is 4.31 Å². The van der Waals surface area contributed by atoms with E-state index in [9.17, 15) is 13.2 Å². The van der Waals surface area contributed by atoms with Gasteiger partial charge in [0.05, 0.1) is 10.8 Å². The molecule has 0 radical (unpaired) electrons. The van der Waals surface area contributed by atoms with Crippen LogP contribution in [0.1, 0.15) is 12.8 Å². The number of sulfonamides is 1. The summed E-state index contributed by atoms with van der Waals surface area (Å²) in [4.78, 5) is 11.4. The van der Waals surface area contributed by atoms with Crippen molar-refractivity contribution < 1.29 is 13.2 Å². The van der Waals surface area contributed by atoms with Crippen LogP contribution in [0.2, 0.25) is 0 Å². The van der Waals surface area contributed by atoms with E-state index in [4.69, 9.17) is 5.73 Å². The van der Waals surface area contributed by atoms with Gasteiger partial charge in [-0.3, -0.25) is 4.79 Å². The molecule has 5 nitrogen and oxygen atoms in total. The van der Waals surface area contributed by atoms with E-state index in [2.05, 4.69) is 15.9 Å². The van der Waals surface area contributed by atoms with Crippen molar-refractivity contribution in [3.63, 3.8) is 0 Å². The topological polar surface area (TPSA) is 80.5 Å². The Morgan fingerprint density at radius 1 is 1.37 bits per heavy atom. The van der Waals surface area contributed by atoms with Crippen LogP contribution in [0, 0.1) is 5.92 Å². The molecule has 1 aliphatic rings. The molecular formula is C12H15BrN2O3S. The first-order chi connectivity index (χ1) is 8.93. The van der Waals surface area contributed by atoms with Crippen LogP contribution in [0.3, 0.4) is 0 Å². The smallest absolute Gasteiger partial charge is 0.244 e. The molecule has 0 bridgehead atoms. The van der Waals surface area contributed by atoms with E-state index in [0.717, 1.165) is 0 Å². The Labute approximate surface area is 121 Å².